The Morgan fingerprint density at radius 1 is 1.18 bits per heavy atom. The maximum atomic E-state index is 12.7. The van der Waals surface area contributed by atoms with Crippen molar-refractivity contribution in [2.45, 2.75) is 33.8 Å². The fraction of sp³-hybridized carbons (Fsp3) is 0.350. The van der Waals surface area contributed by atoms with Crippen LogP contribution < -0.4 is 10.1 Å². The summed E-state index contributed by atoms with van der Waals surface area (Å²) < 4.78 is 15.5. The minimum absolute atomic E-state index is 0.152. The molecule has 7 nitrogen and oxygen atoms in total. The predicted octanol–water partition coefficient (Wildman–Crippen LogP) is 4.06. The van der Waals surface area contributed by atoms with Crippen LogP contribution >= 0.6 is 11.3 Å². The van der Waals surface area contributed by atoms with Crippen molar-refractivity contribution in [1.82, 2.24) is 0 Å². The molecule has 0 bridgehead atoms. The number of thiophene rings is 1. The molecule has 0 saturated heterocycles. The van der Waals surface area contributed by atoms with E-state index in [1.54, 1.807) is 52.0 Å². The fourth-order valence-corrected chi connectivity index (χ4v) is 3.53. The largest absolute Gasteiger partial charge is 0.497 e. The minimum atomic E-state index is -0.610. The Kier molecular flexibility index (Phi) is 7.17. The molecule has 28 heavy (non-hydrogen) atoms. The molecule has 0 atom stereocenters. The second-order valence-corrected chi connectivity index (χ2v) is 7.14. The third-order valence-electron chi connectivity index (χ3n) is 3.71. The molecule has 1 amide bonds. The van der Waals surface area contributed by atoms with Crippen molar-refractivity contribution in [2.75, 3.05) is 19.0 Å². The number of hydrogen-bond acceptors (Lipinski definition) is 7. The Bertz CT molecular complexity index is 887. The second kappa shape index (κ2) is 9.36. The Morgan fingerprint density at radius 3 is 2.50 bits per heavy atom. The van der Waals surface area contributed by atoms with E-state index in [0.717, 1.165) is 11.3 Å². The summed E-state index contributed by atoms with van der Waals surface area (Å²) in [6, 6.07) is 6.60. The van der Waals surface area contributed by atoms with E-state index in [2.05, 4.69) is 5.32 Å². The molecule has 1 aromatic carbocycles. The summed E-state index contributed by atoms with van der Waals surface area (Å²) in [5.41, 5.74) is 0.917. The highest BCUT2D eigenvalue weighted by Gasteiger charge is 2.28. The number of nitrogens with one attached hydrogen (secondary N) is 1. The van der Waals surface area contributed by atoms with Crippen molar-refractivity contribution >= 4 is 34.2 Å². The molecule has 0 unspecified atom stereocenters. The van der Waals surface area contributed by atoms with Gasteiger partial charge >= 0.3 is 11.9 Å². The van der Waals surface area contributed by atoms with Gasteiger partial charge in [-0.25, -0.2) is 9.59 Å². The van der Waals surface area contributed by atoms with Gasteiger partial charge in [-0.15, -0.1) is 11.3 Å². The third-order valence-corrected chi connectivity index (χ3v) is 4.90. The lowest BCUT2D eigenvalue weighted by Gasteiger charge is -2.08. The summed E-state index contributed by atoms with van der Waals surface area (Å²) in [7, 11) is 1.51. The number of amides is 1. The van der Waals surface area contributed by atoms with Gasteiger partial charge in [0.25, 0.3) is 5.91 Å². The topological polar surface area (TPSA) is 90.9 Å². The van der Waals surface area contributed by atoms with Gasteiger partial charge in [0.2, 0.25) is 0 Å². The Morgan fingerprint density at radius 2 is 1.89 bits per heavy atom. The summed E-state index contributed by atoms with van der Waals surface area (Å²) in [6.45, 7) is 6.95. The van der Waals surface area contributed by atoms with E-state index in [1.165, 1.54) is 7.11 Å². The standard InChI is InChI=1S/C20H23NO6S/c1-6-26-19(23)15-12(4)16(20(24)27-11(2)3)28-18(15)21-17(22)13-8-7-9-14(10-13)25-5/h7-11H,6H2,1-5H3,(H,21,22). The van der Waals surface area contributed by atoms with Gasteiger partial charge in [0.15, 0.2) is 0 Å². The van der Waals surface area contributed by atoms with Gasteiger partial charge in [-0.1, -0.05) is 6.07 Å². The van der Waals surface area contributed by atoms with E-state index in [0.29, 0.717) is 16.9 Å². The first-order valence-electron chi connectivity index (χ1n) is 8.75. The first-order valence-corrected chi connectivity index (χ1v) is 9.57. The summed E-state index contributed by atoms with van der Waals surface area (Å²) in [4.78, 5) is 37.7. The molecular formula is C20H23NO6S. The van der Waals surface area contributed by atoms with Crippen LogP contribution in [-0.2, 0) is 9.47 Å². The van der Waals surface area contributed by atoms with Gasteiger partial charge in [0.1, 0.15) is 15.6 Å². The van der Waals surface area contributed by atoms with Crippen LogP contribution in [0.1, 0.15) is 56.7 Å². The average Bonchev–Trinajstić information content (AvgIpc) is 2.97. The number of benzene rings is 1. The van der Waals surface area contributed by atoms with Crippen LogP contribution in [0.2, 0.25) is 0 Å². The van der Waals surface area contributed by atoms with Crippen LogP contribution in [0, 0.1) is 6.92 Å². The molecule has 0 aliphatic rings. The first kappa shape index (κ1) is 21.4. The number of hydrogen-bond donors (Lipinski definition) is 1. The quantitative estimate of drug-likeness (QED) is 0.699. The molecule has 0 radical (unpaired) electrons. The van der Waals surface area contributed by atoms with E-state index in [-0.39, 0.29) is 28.2 Å². The number of esters is 2. The van der Waals surface area contributed by atoms with E-state index in [4.69, 9.17) is 14.2 Å². The number of rotatable bonds is 7. The molecule has 0 aliphatic heterocycles. The average molecular weight is 405 g/mol. The predicted molar refractivity (Wildman–Crippen MR) is 107 cm³/mol. The number of anilines is 1. The van der Waals surface area contributed by atoms with Crippen LogP contribution in [0.25, 0.3) is 0 Å². The van der Waals surface area contributed by atoms with E-state index < -0.39 is 17.8 Å². The van der Waals surface area contributed by atoms with Crippen molar-refractivity contribution in [2.24, 2.45) is 0 Å². The Hall–Kier alpha value is -2.87. The highest BCUT2D eigenvalue weighted by Crippen LogP contribution is 2.35. The Labute approximate surface area is 167 Å². The van der Waals surface area contributed by atoms with Gasteiger partial charge in [0, 0.05) is 5.56 Å². The fourth-order valence-electron chi connectivity index (χ4n) is 2.45. The van der Waals surface area contributed by atoms with Crippen LogP contribution in [0.5, 0.6) is 5.75 Å². The maximum absolute atomic E-state index is 12.7. The van der Waals surface area contributed by atoms with Crippen molar-refractivity contribution in [3.63, 3.8) is 0 Å². The molecule has 0 aliphatic carbocycles. The zero-order valence-electron chi connectivity index (χ0n) is 16.5. The SMILES string of the molecule is CCOC(=O)c1c(NC(=O)c2cccc(OC)c2)sc(C(=O)OC(C)C)c1C. The zero-order valence-corrected chi connectivity index (χ0v) is 17.3. The molecule has 1 heterocycles. The lowest BCUT2D eigenvalue weighted by Crippen LogP contribution is -2.15. The number of ether oxygens (including phenoxy) is 3. The molecule has 2 rings (SSSR count). The molecule has 0 spiro atoms. The van der Waals surface area contributed by atoms with Gasteiger partial charge in [-0.3, -0.25) is 4.79 Å². The normalized spacial score (nSPS) is 10.5. The van der Waals surface area contributed by atoms with Crippen LogP contribution in [-0.4, -0.2) is 37.7 Å². The highest BCUT2D eigenvalue weighted by molar-refractivity contribution is 7.18. The van der Waals surface area contributed by atoms with E-state index in [9.17, 15) is 14.4 Å². The van der Waals surface area contributed by atoms with Gasteiger partial charge in [-0.2, -0.15) is 0 Å². The molecule has 1 N–H and O–H groups in total. The van der Waals surface area contributed by atoms with Crippen molar-refractivity contribution in [3.8, 4) is 5.75 Å². The maximum Gasteiger partial charge on any atom is 0.348 e. The molecule has 2 aromatic rings. The minimum Gasteiger partial charge on any atom is -0.497 e. The molecule has 8 heteroatoms. The number of carbonyl (C=O) groups excluding carboxylic acids is 3. The molecular weight excluding hydrogens is 382 g/mol. The van der Waals surface area contributed by atoms with E-state index in [1.807, 2.05) is 0 Å². The van der Waals surface area contributed by atoms with Gasteiger partial charge < -0.3 is 19.5 Å². The van der Waals surface area contributed by atoms with Crippen molar-refractivity contribution in [1.29, 1.82) is 0 Å². The second-order valence-electron chi connectivity index (χ2n) is 6.12. The summed E-state index contributed by atoms with van der Waals surface area (Å²) in [6.07, 6.45) is -0.310. The van der Waals surface area contributed by atoms with Gasteiger partial charge in [0.05, 0.1) is 25.4 Å². The number of carbonyl (C=O) groups is 3. The highest BCUT2D eigenvalue weighted by atomic mass is 32.1. The summed E-state index contributed by atoms with van der Waals surface area (Å²) >= 11 is 0.985. The monoisotopic (exact) mass is 405 g/mol. The van der Waals surface area contributed by atoms with Crippen LogP contribution in [0.15, 0.2) is 24.3 Å². The first-order chi connectivity index (χ1) is 13.3. The van der Waals surface area contributed by atoms with Crippen molar-refractivity contribution in [3.05, 3.63) is 45.8 Å². The molecule has 1 aromatic heterocycles. The molecule has 150 valence electrons. The van der Waals surface area contributed by atoms with Crippen molar-refractivity contribution < 1.29 is 28.6 Å². The molecule has 0 saturated carbocycles. The van der Waals surface area contributed by atoms with Crippen LogP contribution in [0.3, 0.4) is 0 Å². The number of methoxy groups -OCH3 is 1. The van der Waals surface area contributed by atoms with Crippen LogP contribution in [0.4, 0.5) is 5.00 Å². The third kappa shape index (κ3) is 4.89. The lowest BCUT2D eigenvalue weighted by atomic mass is 10.1. The molecule has 0 fully saturated rings. The lowest BCUT2D eigenvalue weighted by molar-refractivity contribution is 0.0383. The Balaban J connectivity index is 2.41. The smallest absolute Gasteiger partial charge is 0.348 e. The summed E-state index contributed by atoms with van der Waals surface area (Å²) in [5.74, 6) is -1.07. The zero-order chi connectivity index (χ0) is 20.8. The van der Waals surface area contributed by atoms with Gasteiger partial charge in [-0.05, 0) is 51.5 Å². The van der Waals surface area contributed by atoms with E-state index >= 15 is 0 Å². The summed E-state index contributed by atoms with van der Waals surface area (Å²) in [5, 5.41) is 2.94.